The fourth-order valence-electron chi connectivity index (χ4n) is 6.35. The summed E-state index contributed by atoms with van der Waals surface area (Å²) in [4.78, 5) is 16.9. The molecule has 0 radical (unpaired) electrons. The number of aryl methyl sites for hydroxylation is 2. The fourth-order valence-corrected chi connectivity index (χ4v) is 6.35. The molecule has 2 bridgehead atoms. The maximum Gasteiger partial charge on any atom is 0.407 e. The van der Waals surface area contributed by atoms with Crippen LogP contribution in [0.4, 0.5) is 16.4 Å². The minimum absolute atomic E-state index is 0.0317. The van der Waals surface area contributed by atoms with Crippen molar-refractivity contribution in [3.8, 4) is 0 Å². The standard InChI is InChI=1S/C24H29N7O2/c32-23(27-24-11-14(12-24)13-24)33-16-6-5-15(9-16)19-10-20(29-28-19)26-22-21-17-3-1-2-4-18(17)30-31(21)8-7-25-22/h7-8,10,14-16H,1-6,9,11-13H2,(H,27,32)(H2,25,26,28,29). The Hall–Kier alpha value is -3.10. The summed E-state index contributed by atoms with van der Waals surface area (Å²) >= 11 is 0. The quantitative estimate of drug-likeness (QED) is 0.546. The van der Waals surface area contributed by atoms with E-state index in [9.17, 15) is 4.79 Å². The maximum atomic E-state index is 12.3. The van der Waals surface area contributed by atoms with Crippen molar-refractivity contribution in [2.75, 3.05) is 5.32 Å². The maximum absolute atomic E-state index is 12.3. The number of amides is 1. The molecule has 0 aliphatic heterocycles. The number of nitrogens with one attached hydrogen (secondary N) is 3. The van der Waals surface area contributed by atoms with Crippen LogP contribution in [0.25, 0.3) is 5.52 Å². The van der Waals surface area contributed by atoms with Crippen LogP contribution in [0, 0.1) is 5.92 Å². The summed E-state index contributed by atoms with van der Waals surface area (Å²) in [7, 11) is 0. The Bertz CT molecular complexity index is 1210. The van der Waals surface area contributed by atoms with Crippen LogP contribution in [-0.2, 0) is 17.6 Å². The Kier molecular flexibility index (Phi) is 4.23. The van der Waals surface area contributed by atoms with Gasteiger partial charge in [-0.25, -0.2) is 14.3 Å². The first kappa shape index (κ1) is 19.4. The minimum Gasteiger partial charge on any atom is -0.446 e. The van der Waals surface area contributed by atoms with Gasteiger partial charge in [0.25, 0.3) is 0 Å². The van der Waals surface area contributed by atoms with Crippen LogP contribution >= 0.6 is 0 Å². The van der Waals surface area contributed by atoms with E-state index in [-0.39, 0.29) is 17.7 Å². The third-order valence-electron chi connectivity index (χ3n) is 8.17. The highest BCUT2D eigenvalue weighted by molar-refractivity contribution is 5.76. The molecule has 2 unspecified atom stereocenters. The monoisotopic (exact) mass is 447 g/mol. The van der Waals surface area contributed by atoms with Crippen LogP contribution in [0.3, 0.4) is 0 Å². The highest BCUT2D eigenvalue weighted by atomic mass is 16.6. The van der Waals surface area contributed by atoms with Crippen molar-refractivity contribution in [1.82, 2.24) is 30.1 Å². The van der Waals surface area contributed by atoms with Crippen LogP contribution < -0.4 is 10.6 Å². The first-order chi connectivity index (χ1) is 16.1. The Morgan fingerprint density at radius 3 is 2.94 bits per heavy atom. The molecular formula is C24H29N7O2. The van der Waals surface area contributed by atoms with Gasteiger partial charge in [0, 0.05) is 41.2 Å². The first-order valence-electron chi connectivity index (χ1n) is 12.3. The summed E-state index contributed by atoms with van der Waals surface area (Å²) in [6.07, 6.45) is 14.0. The van der Waals surface area contributed by atoms with Crippen LogP contribution in [0.1, 0.15) is 74.2 Å². The summed E-state index contributed by atoms with van der Waals surface area (Å²) in [6.45, 7) is 0. The molecule has 4 saturated carbocycles. The number of rotatable bonds is 5. The lowest BCUT2D eigenvalue weighted by atomic mass is 9.50. The van der Waals surface area contributed by atoms with Gasteiger partial charge in [0.1, 0.15) is 11.6 Å². The molecule has 0 aromatic carbocycles. The molecule has 1 amide bonds. The highest BCUT2D eigenvalue weighted by Crippen LogP contribution is 2.57. The molecule has 3 heterocycles. The van der Waals surface area contributed by atoms with Gasteiger partial charge in [-0.15, -0.1) is 0 Å². The minimum atomic E-state index is -0.242. The Labute approximate surface area is 191 Å². The Balaban J connectivity index is 1.02. The van der Waals surface area contributed by atoms with Gasteiger partial charge >= 0.3 is 6.09 Å². The number of fused-ring (bicyclic) bond motifs is 3. The van der Waals surface area contributed by atoms with E-state index in [0.29, 0.717) is 5.92 Å². The molecule has 9 heteroatoms. The number of carbonyl (C=O) groups is 1. The lowest BCUT2D eigenvalue weighted by Crippen LogP contribution is -2.68. The molecule has 3 N–H and O–H groups in total. The number of H-pyrrole nitrogens is 1. The smallest absolute Gasteiger partial charge is 0.407 e. The van der Waals surface area contributed by atoms with Crippen molar-refractivity contribution in [3.63, 3.8) is 0 Å². The molecule has 9 nitrogen and oxygen atoms in total. The normalized spacial score (nSPS) is 29.8. The highest BCUT2D eigenvalue weighted by Gasteiger charge is 2.57. The number of ether oxygens (including phenoxy) is 1. The number of hydrogen-bond acceptors (Lipinski definition) is 6. The molecule has 4 fully saturated rings. The SMILES string of the molecule is O=C(NC12CC(C1)C2)OC1CCC(c2cc(Nc3nccn4nc5c(c34)CCCC5)n[nH]2)C1. The van der Waals surface area contributed by atoms with E-state index in [0.717, 1.165) is 80.1 Å². The number of carbonyl (C=O) groups excluding carboxylic acids is 1. The predicted molar refractivity (Wildman–Crippen MR) is 122 cm³/mol. The molecule has 8 rings (SSSR count). The van der Waals surface area contributed by atoms with Crippen LogP contribution in [-0.4, -0.2) is 42.5 Å². The zero-order chi connectivity index (χ0) is 22.0. The number of alkyl carbamates (subject to hydrolysis) is 1. The van der Waals surface area contributed by atoms with Crippen LogP contribution in [0.5, 0.6) is 0 Å². The van der Waals surface area contributed by atoms with Crippen molar-refractivity contribution in [1.29, 1.82) is 0 Å². The largest absolute Gasteiger partial charge is 0.446 e. The summed E-state index contributed by atoms with van der Waals surface area (Å²) < 4.78 is 7.67. The number of anilines is 2. The summed E-state index contributed by atoms with van der Waals surface area (Å²) in [5.74, 6) is 2.70. The van der Waals surface area contributed by atoms with E-state index in [1.54, 1.807) is 6.20 Å². The molecule has 5 aliphatic carbocycles. The van der Waals surface area contributed by atoms with E-state index in [2.05, 4.69) is 31.9 Å². The van der Waals surface area contributed by atoms with Gasteiger partial charge in [-0.2, -0.15) is 10.2 Å². The van der Waals surface area contributed by atoms with E-state index < -0.39 is 0 Å². The number of hydrogen-bond donors (Lipinski definition) is 3. The molecule has 3 aromatic heterocycles. The zero-order valence-corrected chi connectivity index (χ0v) is 18.6. The first-order valence-corrected chi connectivity index (χ1v) is 12.3. The summed E-state index contributed by atoms with van der Waals surface area (Å²) in [5, 5.41) is 18.9. The second-order valence-electron chi connectivity index (χ2n) is 10.5. The van der Waals surface area contributed by atoms with E-state index in [1.165, 1.54) is 24.1 Å². The van der Waals surface area contributed by atoms with Crippen molar-refractivity contribution >= 4 is 23.2 Å². The van der Waals surface area contributed by atoms with Gasteiger partial charge in [-0.3, -0.25) is 5.10 Å². The lowest BCUT2D eigenvalue weighted by molar-refractivity contribution is -0.0506. The van der Waals surface area contributed by atoms with Crippen LogP contribution in [0.15, 0.2) is 18.5 Å². The summed E-state index contributed by atoms with van der Waals surface area (Å²) in [6, 6.07) is 2.06. The molecule has 172 valence electrons. The van der Waals surface area contributed by atoms with Crippen molar-refractivity contribution in [2.24, 2.45) is 5.92 Å². The average Bonchev–Trinajstić information content (AvgIpc) is 3.48. The van der Waals surface area contributed by atoms with Gasteiger partial charge < -0.3 is 15.4 Å². The molecule has 0 saturated heterocycles. The van der Waals surface area contributed by atoms with Crippen molar-refractivity contribution < 1.29 is 9.53 Å². The lowest BCUT2D eigenvalue weighted by Gasteiger charge is -2.61. The summed E-state index contributed by atoms with van der Waals surface area (Å²) in [5.41, 5.74) is 4.69. The average molecular weight is 448 g/mol. The number of aromatic amines is 1. The Morgan fingerprint density at radius 2 is 2.09 bits per heavy atom. The predicted octanol–water partition coefficient (Wildman–Crippen LogP) is 3.99. The second kappa shape index (κ2) is 7.20. The van der Waals surface area contributed by atoms with Crippen molar-refractivity contribution in [2.45, 2.75) is 81.8 Å². The fraction of sp³-hybridized carbons (Fsp3) is 0.583. The molecular weight excluding hydrogens is 418 g/mol. The second-order valence-corrected chi connectivity index (χ2v) is 10.5. The van der Waals surface area contributed by atoms with E-state index >= 15 is 0 Å². The van der Waals surface area contributed by atoms with E-state index in [4.69, 9.17) is 9.84 Å². The van der Waals surface area contributed by atoms with Gasteiger partial charge in [-0.1, -0.05) is 0 Å². The van der Waals surface area contributed by atoms with E-state index in [1.807, 2.05) is 10.7 Å². The number of nitrogens with zero attached hydrogens (tertiary/aromatic N) is 4. The third kappa shape index (κ3) is 3.28. The molecule has 0 spiro atoms. The molecule has 33 heavy (non-hydrogen) atoms. The number of aromatic nitrogens is 5. The van der Waals surface area contributed by atoms with Gasteiger partial charge in [0.2, 0.25) is 0 Å². The van der Waals surface area contributed by atoms with Gasteiger partial charge in [0.05, 0.1) is 5.69 Å². The zero-order valence-electron chi connectivity index (χ0n) is 18.6. The third-order valence-corrected chi connectivity index (χ3v) is 8.17. The molecule has 5 aliphatic rings. The van der Waals surface area contributed by atoms with Gasteiger partial charge in [-0.05, 0) is 70.1 Å². The van der Waals surface area contributed by atoms with Crippen LogP contribution in [0.2, 0.25) is 0 Å². The topological polar surface area (TPSA) is 109 Å². The van der Waals surface area contributed by atoms with Gasteiger partial charge in [0.15, 0.2) is 11.6 Å². The molecule has 2 atom stereocenters. The molecule has 3 aromatic rings. The Morgan fingerprint density at radius 1 is 1.21 bits per heavy atom. The van der Waals surface area contributed by atoms with Crippen molar-refractivity contribution in [3.05, 3.63) is 35.4 Å².